The summed E-state index contributed by atoms with van der Waals surface area (Å²) < 4.78 is 27.0. The van der Waals surface area contributed by atoms with Crippen LogP contribution in [0.15, 0.2) is 0 Å². The molecule has 124 valence electrons. The van der Waals surface area contributed by atoms with Crippen LogP contribution < -0.4 is 10.6 Å². The normalized spacial score (nSPS) is 22.8. The highest BCUT2D eigenvalue weighted by Gasteiger charge is 2.30. The first-order chi connectivity index (χ1) is 10.1. The van der Waals surface area contributed by atoms with Crippen LogP contribution in [0.3, 0.4) is 0 Å². The molecule has 0 atom stereocenters. The van der Waals surface area contributed by atoms with Gasteiger partial charge in [0.2, 0.25) is 10.0 Å². The Labute approximate surface area is 129 Å². The fourth-order valence-corrected chi connectivity index (χ4v) is 4.97. The Hall–Kier alpha value is -0.210. The van der Waals surface area contributed by atoms with E-state index < -0.39 is 10.0 Å². The highest BCUT2D eigenvalue weighted by atomic mass is 32.2. The van der Waals surface area contributed by atoms with Gasteiger partial charge in [0.1, 0.15) is 0 Å². The molecule has 2 rings (SSSR count). The van der Waals surface area contributed by atoms with Gasteiger partial charge in [-0.25, -0.2) is 8.42 Å². The minimum Gasteiger partial charge on any atom is -0.317 e. The quantitative estimate of drug-likeness (QED) is 0.674. The molecule has 0 amide bonds. The van der Waals surface area contributed by atoms with Crippen LogP contribution in [0.2, 0.25) is 0 Å². The molecule has 2 heterocycles. The van der Waals surface area contributed by atoms with Crippen LogP contribution in [0.4, 0.5) is 0 Å². The van der Waals surface area contributed by atoms with Crippen molar-refractivity contribution in [3.8, 4) is 0 Å². The van der Waals surface area contributed by atoms with Gasteiger partial charge in [-0.15, -0.1) is 0 Å². The smallest absolute Gasteiger partial charge is 0.214 e. The third-order valence-corrected chi connectivity index (χ3v) is 6.50. The van der Waals surface area contributed by atoms with Crippen molar-refractivity contribution in [2.75, 3.05) is 58.1 Å². The Bertz CT molecular complexity index is 390. The van der Waals surface area contributed by atoms with E-state index in [1.165, 1.54) is 0 Å². The molecule has 0 aromatic heterocycles. The van der Waals surface area contributed by atoms with E-state index in [-0.39, 0.29) is 11.8 Å². The van der Waals surface area contributed by atoms with E-state index >= 15 is 0 Å². The van der Waals surface area contributed by atoms with Gasteiger partial charge in [-0.2, -0.15) is 4.31 Å². The van der Waals surface area contributed by atoms with Gasteiger partial charge in [-0.3, -0.25) is 4.90 Å². The van der Waals surface area contributed by atoms with Crippen molar-refractivity contribution >= 4 is 10.0 Å². The molecule has 2 fully saturated rings. The second-order valence-corrected chi connectivity index (χ2v) is 8.04. The summed E-state index contributed by atoms with van der Waals surface area (Å²) >= 11 is 0. The number of piperazine rings is 1. The topological polar surface area (TPSA) is 64.7 Å². The standard InChI is InChI=1S/C14H30N4O2S/c1-2-13-21(19,20)18(14-3-5-15-6-4-14)12-11-17-9-7-16-8-10-17/h14-16H,2-13H2,1H3. The zero-order valence-corrected chi connectivity index (χ0v) is 14.0. The molecule has 7 heteroatoms. The highest BCUT2D eigenvalue weighted by molar-refractivity contribution is 7.89. The van der Waals surface area contributed by atoms with Gasteiger partial charge in [-0.05, 0) is 32.4 Å². The van der Waals surface area contributed by atoms with Gasteiger partial charge in [0.25, 0.3) is 0 Å². The fraction of sp³-hybridized carbons (Fsp3) is 1.00. The van der Waals surface area contributed by atoms with Gasteiger partial charge in [0, 0.05) is 45.3 Å². The van der Waals surface area contributed by atoms with Gasteiger partial charge in [0.05, 0.1) is 5.75 Å². The minimum atomic E-state index is -3.11. The molecule has 6 nitrogen and oxygen atoms in total. The molecular formula is C14H30N4O2S. The van der Waals surface area contributed by atoms with Gasteiger partial charge < -0.3 is 10.6 Å². The van der Waals surface area contributed by atoms with Crippen molar-refractivity contribution in [1.29, 1.82) is 0 Å². The number of rotatable bonds is 7. The molecule has 0 bridgehead atoms. The molecule has 21 heavy (non-hydrogen) atoms. The molecule has 2 aliphatic heterocycles. The van der Waals surface area contributed by atoms with Crippen molar-refractivity contribution in [2.45, 2.75) is 32.2 Å². The van der Waals surface area contributed by atoms with Crippen molar-refractivity contribution in [2.24, 2.45) is 0 Å². The van der Waals surface area contributed by atoms with Crippen LogP contribution in [0.25, 0.3) is 0 Å². The number of piperidine rings is 1. The van der Waals surface area contributed by atoms with Crippen LogP contribution in [-0.2, 0) is 10.0 Å². The largest absolute Gasteiger partial charge is 0.317 e. The first-order valence-corrected chi connectivity index (χ1v) is 9.87. The second-order valence-electron chi connectivity index (χ2n) is 6.00. The molecule has 0 unspecified atom stereocenters. The number of nitrogens with zero attached hydrogens (tertiary/aromatic N) is 2. The maximum absolute atomic E-state index is 12.6. The molecule has 2 N–H and O–H groups in total. The third-order valence-electron chi connectivity index (χ3n) is 4.38. The lowest BCUT2D eigenvalue weighted by Gasteiger charge is -2.36. The first-order valence-electron chi connectivity index (χ1n) is 8.27. The molecular weight excluding hydrogens is 288 g/mol. The third kappa shape index (κ3) is 5.17. The lowest BCUT2D eigenvalue weighted by Crippen LogP contribution is -2.51. The molecule has 2 aliphatic rings. The zero-order valence-electron chi connectivity index (χ0n) is 13.2. The van der Waals surface area contributed by atoms with Crippen LogP contribution in [0.1, 0.15) is 26.2 Å². The van der Waals surface area contributed by atoms with E-state index in [9.17, 15) is 8.42 Å². The maximum atomic E-state index is 12.6. The summed E-state index contributed by atoms with van der Waals surface area (Å²) in [7, 11) is -3.11. The first kappa shape index (κ1) is 17.1. The molecule has 0 saturated carbocycles. The monoisotopic (exact) mass is 318 g/mol. The summed E-state index contributed by atoms with van der Waals surface area (Å²) in [5.41, 5.74) is 0. The average molecular weight is 318 g/mol. The Morgan fingerprint density at radius 2 is 1.71 bits per heavy atom. The van der Waals surface area contributed by atoms with Gasteiger partial charge in [0.15, 0.2) is 0 Å². The summed E-state index contributed by atoms with van der Waals surface area (Å²) in [4.78, 5) is 2.37. The molecule has 0 spiro atoms. The Balaban J connectivity index is 1.96. The summed E-state index contributed by atoms with van der Waals surface area (Å²) in [5.74, 6) is 0.276. The summed E-state index contributed by atoms with van der Waals surface area (Å²) in [6.07, 6.45) is 2.56. The van der Waals surface area contributed by atoms with Crippen molar-refractivity contribution in [3.05, 3.63) is 0 Å². The van der Waals surface area contributed by atoms with Crippen LogP contribution >= 0.6 is 0 Å². The summed E-state index contributed by atoms with van der Waals surface area (Å²) in [5, 5.41) is 6.65. The van der Waals surface area contributed by atoms with Crippen molar-refractivity contribution < 1.29 is 8.42 Å². The summed E-state index contributed by atoms with van der Waals surface area (Å²) in [6.45, 7) is 9.36. The molecule has 0 aliphatic carbocycles. The molecule has 0 aromatic rings. The van der Waals surface area contributed by atoms with Gasteiger partial charge >= 0.3 is 0 Å². The lowest BCUT2D eigenvalue weighted by atomic mass is 10.1. The van der Waals surface area contributed by atoms with E-state index in [2.05, 4.69) is 15.5 Å². The number of sulfonamides is 1. The Morgan fingerprint density at radius 1 is 1.10 bits per heavy atom. The average Bonchev–Trinajstić information content (AvgIpc) is 2.49. The predicted molar refractivity (Wildman–Crippen MR) is 86.0 cm³/mol. The fourth-order valence-electron chi connectivity index (χ4n) is 3.19. The maximum Gasteiger partial charge on any atom is 0.214 e. The zero-order chi connectivity index (χ0) is 15.1. The van der Waals surface area contributed by atoms with E-state index in [4.69, 9.17) is 0 Å². The number of nitrogens with one attached hydrogen (secondary N) is 2. The summed E-state index contributed by atoms with van der Waals surface area (Å²) in [6, 6.07) is 0.186. The van der Waals surface area contributed by atoms with E-state index in [0.29, 0.717) is 13.0 Å². The molecule has 0 radical (unpaired) electrons. The number of hydrogen-bond donors (Lipinski definition) is 2. The van der Waals surface area contributed by atoms with Crippen molar-refractivity contribution in [3.63, 3.8) is 0 Å². The highest BCUT2D eigenvalue weighted by Crippen LogP contribution is 2.17. The van der Waals surface area contributed by atoms with E-state index in [1.54, 1.807) is 4.31 Å². The minimum absolute atomic E-state index is 0.186. The number of hydrogen-bond acceptors (Lipinski definition) is 5. The SMILES string of the molecule is CCCS(=O)(=O)N(CCN1CCNCC1)C1CCNCC1. The van der Waals surface area contributed by atoms with Crippen LogP contribution in [-0.4, -0.2) is 81.8 Å². The van der Waals surface area contributed by atoms with Crippen molar-refractivity contribution in [1.82, 2.24) is 19.8 Å². The Kier molecular flexibility index (Phi) is 6.88. The predicted octanol–water partition coefficient (Wildman–Crippen LogP) is -0.315. The van der Waals surface area contributed by atoms with Crippen LogP contribution in [0.5, 0.6) is 0 Å². The molecule has 0 aromatic carbocycles. The lowest BCUT2D eigenvalue weighted by molar-refractivity contribution is 0.195. The molecule has 2 saturated heterocycles. The Morgan fingerprint density at radius 3 is 2.33 bits per heavy atom. The van der Waals surface area contributed by atoms with Crippen LogP contribution in [0, 0.1) is 0 Å². The van der Waals surface area contributed by atoms with E-state index in [1.807, 2.05) is 6.92 Å². The van der Waals surface area contributed by atoms with E-state index in [0.717, 1.165) is 58.7 Å². The second kappa shape index (κ2) is 8.43. The van der Waals surface area contributed by atoms with Gasteiger partial charge in [-0.1, -0.05) is 6.92 Å².